The normalized spacial score (nSPS) is 10.0. The van der Waals surface area contributed by atoms with E-state index in [4.69, 9.17) is 4.74 Å². The summed E-state index contributed by atoms with van der Waals surface area (Å²) in [6, 6.07) is 14.7. The average Bonchev–Trinajstić information content (AvgIpc) is 2.60. The van der Waals surface area contributed by atoms with Gasteiger partial charge < -0.3 is 15.4 Å². The fraction of sp³-hybridized carbons (Fsp3) is 0.222. The summed E-state index contributed by atoms with van der Waals surface area (Å²) in [6.45, 7) is 2.28. The first kappa shape index (κ1) is 16.5. The van der Waals surface area contributed by atoms with Gasteiger partial charge in [0.15, 0.2) is 0 Å². The molecule has 0 aliphatic heterocycles. The second-order valence-electron chi connectivity index (χ2n) is 5.00. The van der Waals surface area contributed by atoms with Crippen LogP contribution in [0.25, 0.3) is 0 Å². The number of rotatable bonds is 5. The first-order valence-electron chi connectivity index (χ1n) is 7.44. The number of benzene rings is 2. The van der Waals surface area contributed by atoms with Crippen molar-refractivity contribution in [3.8, 4) is 5.75 Å². The minimum absolute atomic E-state index is 0.283. The van der Waals surface area contributed by atoms with E-state index in [0.29, 0.717) is 5.69 Å². The van der Waals surface area contributed by atoms with Crippen LogP contribution in [0.5, 0.6) is 5.75 Å². The van der Waals surface area contributed by atoms with Gasteiger partial charge in [-0.15, -0.1) is 0 Å². The summed E-state index contributed by atoms with van der Waals surface area (Å²) in [6.07, 6.45) is 0.782. The second kappa shape index (κ2) is 7.98. The zero-order valence-corrected chi connectivity index (χ0v) is 13.3. The maximum absolute atomic E-state index is 12.0. The minimum Gasteiger partial charge on any atom is -0.497 e. The molecule has 2 amide bonds. The molecule has 2 N–H and O–H groups in total. The Hall–Kier alpha value is -2.82. The number of carbonyl (C=O) groups excluding carboxylic acids is 2. The highest BCUT2D eigenvalue weighted by molar-refractivity contribution is 6.39. The molecule has 0 spiro atoms. The van der Waals surface area contributed by atoms with E-state index >= 15 is 0 Å². The molecule has 0 aromatic heterocycles. The zero-order chi connectivity index (χ0) is 16.7. The van der Waals surface area contributed by atoms with Crippen LogP contribution in [0.1, 0.15) is 18.1 Å². The fourth-order valence-electron chi connectivity index (χ4n) is 2.14. The molecule has 0 bridgehead atoms. The number of nitrogens with one attached hydrogen (secondary N) is 2. The Bertz CT molecular complexity index is 681. The summed E-state index contributed by atoms with van der Waals surface area (Å²) in [5.41, 5.74) is 2.55. The van der Waals surface area contributed by atoms with E-state index < -0.39 is 11.8 Å². The zero-order valence-electron chi connectivity index (χ0n) is 13.3. The van der Waals surface area contributed by atoms with E-state index in [-0.39, 0.29) is 6.54 Å². The molecule has 0 unspecified atom stereocenters. The lowest BCUT2D eigenvalue weighted by Crippen LogP contribution is -2.35. The molecule has 0 heterocycles. The number of anilines is 1. The van der Waals surface area contributed by atoms with E-state index in [1.54, 1.807) is 25.3 Å². The van der Waals surface area contributed by atoms with Crippen LogP contribution in [0.3, 0.4) is 0 Å². The van der Waals surface area contributed by atoms with E-state index in [9.17, 15) is 9.59 Å². The number of methoxy groups -OCH3 is 1. The Labute approximate surface area is 135 Å². The van der Waals surface area contributed by atoms with Crippen LogP contribution in [0.15, 0.2) is 48.5 Å². The van der Waals surface area contributed by atoms with Gasteiger partial charge in [-0.25, -0.2) is 0 Å². The molecule has 2 aromatic carbocycles. The van der Waals surface area contributed by atoms with Gasteiger partial charge in [-0.3, -0.25) is 9.59 Å². The Morgan fingerprint density at radius 1 is 1.00 bits per heavy atom. The number of aryl methyl sites for hydroxylation is 1. The Balaban J connectivity index is 1.90. The first-order valence-corrected chi connectivity index (χ1v) is 7.44. The molecule has 5 nitrogen and oxygen atoms in total. The van der Waals surface area contributed by atoms with Crippen LogP contribution < -0.4 is 15.4 Å². The number of amides is 2. The number of hydrogen-bond acceptors (Lipinski definition) is 3. The quantitative estimate of drug-likeness (QED) is 0.834. The third kappa shape index (κ3) is 4.57. The lowest BCUT2D eigenvalue weighted by molar-refractivity contribution is -0.136. The van der Waals surface area contributed by atoms with Crippen molar-refractivity contribution in [2.45, 2.75) is 19.9 Å². The molecule has 0 fully saturated rings. The highest BCUT2D eigenvalue weighted by atomic mass is 16.5. The van der Waals surface area contributed by atoms with Gasteiger partial charge in [0, 0.05) is 12.2 Å². The molecule has 0 aliphatic rings. The predicted molar refractivity (Wildman–Crippen MR) is 89.3 cm³/mol. The van der Waals surface area contributed by atoms with Gasteiger partial charge in [0.25, 0.3) is 0 Å². The van der Waals surface area contributed by atoms with Crippen LogP contribution in [0, 0.1) is 0 Å². The predicted octanol–water partition coefficient (Wildman–Crippen LogP) is 2.51. The Kier molecular flexibility index (Phi) is 5.74. The summed E-state index contributed by atoms with van der Waals surface area (Å²) < 4.78 is 5.07. The van der Waals surface area contributed by atoms with E-state index in [1.165, 1.54) is 0 Å². The summed E-state index contributed by atoms with van der Waals surface area (Å²) in [5, 5.41) is 5.25. The molecule has 23 heavy (non-hydrogen) atoms. The summed E-state index contributed by atoms with van der Waals surface area (Å²) in [7, 11) is 1.59. The molecule has 0 saturated heterocycles. The molecule has 5 heteroatoms. The first-order chi connectivity index (χ1) is 11.1. The largest absolute Gasteiger partial charge is 0.497 e. The Morgan fingerprint density at radius 3 is 2.35 bits per heavy atom. The molecule has 0 radical (unpaired) electrons. The van der Waals surface area contributed by atoms with Gasteiger partial charge in [-0.2, -0.15) is 0 Å². The van der Waals surface area contributed by atoms with Crippen molar-refractivity contribution in [3.05, 3.63) is 59.7 Å². The molecule has 0 atom stereocenters. The molecular formula is C18H20N2O3. The van der Waals surface area contributed by atoms with Crippen LogP contribution in [0.2, 0.25) is 0 Å². The summed E-state index contributed by atoms with van der Waals surface area (Å²) >= 11 is 0. The van der Waals surface area contributed by atoms with Gasteiger partial charge in [0.05, 0.1) is 7.11 Å². The lowest BCUT2D eigenvalue weighted by atomic mass is 10.1. The highest BCUT2D eigenvalue weighted by Gasteiger charge is 2.14. The number of carbonyl (C=O) groups is 2. The smallest absolute Gasteiger partial charge is 0.313 e. The van der Waals surface area contributed by atoms with Gasteiger partial charge in [0.1, 0.15) is 5.75 Å². The number of ether oxygens (including phenoxy) is 1. The van der Waals surface area contributed by atoms with E-state index in [0.717, 1.165) is 23.3 Å². The third-order valence-corrected chi connectivity index (χ3v) is 3.46. The maximum Gasteiger partial charge on any atom is 0.313 e. The van der Waals surface area contributed by atoms with Crippen LogP contribution in [0.4, 0.5) is 5.69 Å². The van der Waals surface area contributed by atoms with Crippen molar-refractivity contribution in [1.82, 2.24) is 5.32 Å². The van der Waals surface area contributed by atoms with Crippen molar-refractivity contribution in [2.75, 3.05) is 12.4 Å². The van der Waals surface area contributed by atoms with Crippen LogP contribution >= 0.6 is 0 Å². The molecular weight excluding hydrogens is 292 g/mol. The third-order valence-electron chi connectivity index (χ3n) is 3.46. The standard InChI is InChI=1S/C18H20N2O3/c1-3-14-6-4-5-7-16(14)20-18(22)17(21)19-12-13-8-10-15(23-2)11-9-13/h4-11H,3,12H2,1-2H3,(H,19,21)(H,20,22). The van der Waals surface area contributed by atoms with Gasteiger partial charge >= 0.3 is 11.8 Å². The van der Waals surface area contributed by atoms with Crippen LogP contribution in [-0.4, -0.2) is 18.9 Å². The van der Waals surface area contributed by atoms with Crippen molar-refractivity contribution in [3.63, 3.8) is 0 Å². The minimum atomic E-state index is -0.667. The summed E-state index contributed by atoms with van der Waals surface area (Å²) in [5.74, 6) is -0.583. The van der Waals surface area contributed by atoms with Gasteiger partial charge in [-0.1, -0.05) is 37.3 Å². The molecule has 2 aromatic rings. The molecule has 0 aliphatic carbocycles. The second-order valence-corrected chi connectivity index (χ2v) is 5.00. The average molecular weight is 312 g/mol. The molecule has 120 valence electrons. The number of para-hydroxylation sites is 1. The summed E-state index contributed by atoms with van der Waals surface area (Å²) in [4.78, 5) is 23.9. The van der Waals surface area contributed by atoms with Crippen molar-refractivity contribution < 1.29 is 14.3 Å². The fourth-order valence-corrected chi connectivity index (χ4v) is 2.14. The van der Waals surface area contributed by atoms with E-state index in [2.05, 4.69) is 10.6 Å². The Morgan fingerprint density at radius 2 is 1.70 bits per heavy atom. The van der Waals surface area contributed by atoms with Crippen LogP contribution in [-0.2, 0) is 22.6 Å². The monoisotopic (exact) mass is 312 g/mol. The van der Waals surface area contributed by atoms with Gasteiger partial charge in [0.2, 0.25) is 0 Å². The van der Waals surface area contributed by atoms with Crippen molar-refractivity contribution in [2.24, 2.45) is 0 Å². The van der Waals surface area contributed by atoms with E-state index in [1.807, 2.05) is 37.3 Å². The maximum atomic E-state index is 12.0. The van der Waals surface area contributed by atoms with Crippen molar-refractivity contribution >= 4 is 17.5 Å². The number of hydrogen-bond donors (Lipinski definition) is 2. The van der Waals surface area contributed by atoms with Crippen molar-refractivity contribution in [1.29, 1.82) is 0 Å². The molecule has 2 rings (SSSR count). The molecule has 0 saturated carbocycles. The SMILES string of the molecule is CCc1ccccc1NC(=O)C(=O)NCc1ccc(OC)cc1. The topological polar surface area (TPSA) is 67.4 Å². The lowest BCUT2D eigenvalue weighted by Gasteiger charge is -2.10. The highest BCUT2D eigenvalue weighted by Crippen LogP contribution is 2.15. The van der Waals surface area contributed by atoms with Gasteiger partial charge in [-0.05, 0) is 35.7 Å².